The fourth-order valence-electron chi connectivity index (χ4n) is 3.46. The van der Waals surface area contributed by atoms with Crippen LogP contribution in [0.25, 0.3) is 0 Å². The Bertz CT molecular complexity index is 489. The molecule has 1 aromatic heterocycles. The lowest BCUT2D eigenvalue weighted by Crippen LogP contribution is -2.49. The maximum Gasteiger partial charge on any atom is 0.0967 e. The standard InChI is InChI=1S/C17H31N5O/c1-17(2,3)22-13-15(18-19-22)12-21-7-5-4-6-16(21)14-20-8-10-23-11-9-20/h13,16H,4-12,14H2,1-3H3/t16-/m1/s1. The fraction of sp³-hybridized carbons (Fsp3) is 0.882. The lowest BCUT2D eigenvalue weighted by molar-refractivity contribution is 0.0151. The van der Waals surface area contributed by atoms with E-state index in [9.17, 15) is 0 Å². The van der Waals surface area contributed by atoms with Gasteiger partial charge in [0.05, 0.1) is 30.6 Å². The van der Waals surface area contributed by atoms with Gasteiger partial charge in [0.15, 0.2) is 0 Å². The molecule has 0 aliphatic carbocycles. The first-order valence-corrected chi connectivity index (χ1v) is 8.98. The molecule has 0 saturated carbocycles. The summed E-state index contributed by atoms with van der Waals surface area (Å²) >= 11 is 0. The number of piperidine rings is 1. The highest BCUT2D eigenvalue weighted by Crippen LogP contribution is 2.21. The molecule has 23 heavy (non-hydrogen) atoms. The molecule has 0 bridgehead atoms. The Morgan fingerprint density at radius 2 is 1.96 bits per heavy atom. The summed E-state index contributed by atoms with van der Waals surface area (Å²) in [5, 5.41) is 8.70. The average molecular weight is 321 g/mol. The zero-order valence-electron chi connectivity index (χ0n) is 14.9. The van der Waals surface area contributed by atoms with Crippen molar-refractivity contribution >= 4 is 0 Å². The molecule has 2 aliphatic heterocycles. The van der Waals surface area contributed by atoms with Crippen molar-refractivity contribution in [2.24, 2.45) is 0 Å². The molecule has 3 heterocycles. The monoisotopic (exact) mass is 321 g/mol. The van der Waals surface area contributed by atoms with E-state index >= 15 is 0 Å². The van der Waals surface area contributed by atoms with Crippen LogP contribution in [0.5, 0.6) is 0 Å². The topological polar surface area (TPSA) is 46.4 Å². The molecule has 2 aliphatic rings. The van der Waals surface area contributed by atoms with Crippen molar-refractivity contribution in [3.8, 4) is 0 Å². The number of nitrogens with zero attached hydrogens (tertiary/aromatic N) is 5. The highest BCUT2D eigenvalue weighted by Gasteiger charge is 2.26. The third kappa shape index (κ3) is 4.52. The normalized spacial score (nSPS) is 24.9. The SMILES string of the molecule is CC(C)(C)n1cc(CN2CCCC[C@@H]2CN2CCOCC2)nn1. The molecule has 0 spiro atoms. The predicted molar refractivity (Wildman–Crippen MR) is 90.3 cm³/mol. The van der Waals surface area contributed by atoms with E-state index in [-0.39, 0.29) is 5.54 Å². The van der Waals surface area contributed by atoms with Gasteiger partial charge in [-0.2, -0.15) is 0 Å². The van der Waals surface area contributed by atoms with Crippen molar-refractivity contribution in [1.29, 1.82) is 0 Å². The molecule has 0 amide bonds. The second-order valence-electron chi connectivity index (χ2n) is 7.86. The van der Waals surface area contributed by atoms with Gasteiger partial charge >= 0.3 is 0 Å². The summed E-state index contributed by atoms with van der Waals surface area (Å²) in [4.78, 5) is 5.16. The summed E-state index contributed by atoms with van der Waals surface area (Å²) < 4.78 is 7.45. The van der Waals surface area contributed by atoms with Crippen molar-refractivity contribution < 1.29 is 4.74 Å². The minimum atomic E-state index is 0.000348. The molecule has 6 heteroatoms. The van der Waals surface area contributed by atoms with Crippen molar-refractivity contribution in [2.75, 3.05) is 39.4 Å². The lowest BCUT2D eigenvalue weighted by Gasteiger charge is -2.39. The molecule has 0 unspecified atom stereocenters. The third-order valence-electron chi connectivity index (χ3n) is 4.91. The number of aromatic nitrogens is 3. The first kappa shape index (κ1) is 16.9. The largest absolute Gasteiger partial charge is 0.379 e. The van der Waals surface area contributed by atoms with Crippen molar-refractivity contribution in [3.05, 3.63) is 11.9 Å². The van der Waals surface area contributed by atoms with E-state index in [0.29, 0.717) is 6.04 Å². The zero-order chi connectivity index (χ0) is 16.3. The van der Waals surface area contributed by atoms with Crippen molar-refractivity contribution in [3.63, 3.8) is 0 Å². The van der Waals surface area contributed by atoms with Crippen LogP contribution in [0.4, 0.5) is 0 Å². The first-order chi connectivity index (χ1) is 11.0. The van der Waals surface area contributed by atoms with E-state index in [0.717, 1.165) is 45.1 Å². The molecule has 1 atom stereocenters. The van der Waals surface area contributed by atoms with Gasteiger partial charge in [-0.3, -0.25) is 9.80 Å². The summed E-state index contributed by atoms with van der Waals surface area (Å²) in [6.07, 6.45) is 6.05. The molecular weight excluding hydrogens is 290 g/mol. The summed E-state index contributed by atoms with van der Waals surface area (Å²) in [6.45, 7) is 13.7. The molecular formula is C17H31N5O. The molecule has 0 aromatic carbocycles. The van der Waals surface area contributed by atoms with Gasteiger partial charge in [-0.05, 0) is 40.2 Å². The quantitative estimate of drug-likeness (QED) is 0.845. The molecule has 3 rings (SSSR count). The molecule has 2 fully saturated rings. The number of rotatable bonds is 4. The molecule has 6 nitrogen and oxygen atoms in total. The molecule has 1 aromatic rings. The Hall–Kier alpha value is -0.980. The summed E-state index contributed by atoms with van der Waals surface area (Å²) in [5.74, 6) is 0. The number of likely N-dealkylation sites (tertiary alicyclic amines) is 1. The molecule has 130 valence electrons. The van der Waals surface area contributed by atoms with Crippen LogP contribution < -0.4 is 0 Å². The molecule has 2 saturated heterocycles. The summed E-state index contributed by atoms with van der Waals surface area (Å²) in [5.41, 5.74) is 1.09. The lowest BCUT2D eigenvalue weighted by atomic mass is 10.0. The summed E-state index contributed by atoms with van der Waals surface area (Å²) in [6, 6.07) is 0.640. The first-order valence-electron chi connectivity index (χ1n) is 8.98. The Balaban J connectivity index is 1.60. The van der Waals surface area contributed by atoms with Gasteiger partial charge in [0.1, 0.15) is 0 Å². The Labute approximate surface area is 139 Å². The molecule has 0 N–H and O–H groups in total. The van der Waals surface area contributed by atoms with Crippen molar-refractivity contribution in [1.82, 2.24) is 24.8 Å². The third-order valence-corrected chi connectivity index (χ3v) is 4.91. The van der Waals surface area contributed by atoms with Gasteiger partial charge in [0.25, 0.3) is 0 Å². The van der Waals surface area contributed by atoms with Crippen LogP contribution in [0.2, 0.25) is 0 Å². The van der Waals surface area contributed by atoms with E-state index < -0.39 is 0 Å². The van der Waals surface area contributed by atoms with Crippen LogP contribution in [0.3, 0.4) is 0 Å². The van der Waals surface area contributed by atoms with Gasteiger partial charge in [-0.25, -0.2) is 4.68 Å². The number of morpholine rings is 1. The van der Waals surface area contributed by atoms with Crippen LogP contribution in [-0.4, -0.2) is 70.2 Å². The minimum Gasteiger partial charge on any atom is -0.379 e. The van der Waals surface area contributed by atoms with Crippen LogP contribution in [0, 0.1) is 0 Å². The van der Waals surface area contributed by atoms with Crippen LogP contribution in [0.1, 0.15) is 45.7 Å². The highest BCUT2D eigenvalue weighted by atomic mass is 16.5. The number of hydrogen-bond donors (Lipinski definition) is 0. The summed E-state index contributed by atoms with van der Waals surface area (Å²) in [7, 11) is 0. The van der Waals surface area contributed by atoms with Gasteiger partial charge in [-0.1, -0.05) is 11.6 Å². The van der Waals surface area contributed by atoms with Crippen LogP contribution >= 0.6 is 0 Å². The zero-order valence-corrected chi connectivity index (χ0v) is 14.9. The van der Waals surface area contributed by atoms with Gasteiger partial charge in [0.2, 0.25) is 0 Å². The van der Waals surface area contributed by atoms with Crippen LogP contribution in [-0.2, 0) is 16.8 Å². The van der Waals surface area contributed by atoms with E-state index in [1.54, 1.807) is 0 Å². The predicted octanol–water partition coefficient (Wildman–Crippen LogP) is 1.72. The fourth-order valence-corrected chi connectivity index (χ4v) is 3.46. The van der Waals surface area contributed by atoms with Gasteiger partial charge in [-0.15, -0.1) is 5.10 Å². The van der Waals surface area contributed by atoms with E-state index in [1.165, 1.54) is 25.8 Å². The Kier molecular flexibility index (Phi) is 5.34. The maximum atomic E-state index is 5.47. The minimum absolute atomic E-state index is 0.000348. The van der Waals surface area contributed by atoms with Crippen molar-refractivity contribution in [2.45, 2.75) is 58.2 Å². The molecule has 0 radical (unpaired) electrons. The maximum absolute atomic E-state index is 5.47. The van der Waals surface area contributed by atoms with E-state index in [2.05, 4.69) is 47.1 Å². The second-order valence-corrected chi connectivity index (χ2v) is 7.86. The number of hydrogen-bond acceptors (Lipinski definition) is 5. The van der Waals surface area contributed by atoms with Gasteiger partial charge < -0.3 is 4.74 Å². The van der Waals surface area contributed by atoms with Crippen LogP contribution in [0.15, 0.2) is 6.20 Å². The Morgan fingerprint density at radius 3 is 2.65 bits per heavy atom. The van der Waals surface area contributed by atoms with Gasteiger partial charge in [0, 0.05) is 32.2 Å². The van der Waals surface area contributed by atoms with E-state index in [4.69, 9.17) is 4.74 Å². The second kappa shape index (κ2) is 7.28. The Morgan fingerprint density at radius 1 is 1.17 bits per heavy atom. The highest BCUT2D eigenvalue weighted by molar-refractivity contribution is 4.96. The van der Waals surface area contributed by atoms with E-state index in [1.807, 2.05) is 4.68 Å². The smallest absolute Gasteiger partial charge is 0.0967 e. The average Bonchev–Trinajstić information content (AvgIpc) is 2.99. The number of ether oxygens (including phenoxy) is 1.